The van der Waals surface area contributed by atoms with Gasteiger partial charge in [-0.05, 0) is 36.8 Å². The summed E-state index contributed by atoms with van der Waals surface area (Å²) in [7, 11) is 0. The molecular formula is C13H15NO3S. The first kappa shape index (κ1) is 13.0. The van der Waals surface area contributed by atoms with E-state index in [0.717, 1.165) is 24.3 Å². The molecule has 1 fully saturated rings. The van der Waals surface area contributed by atoms with Crippen LogP contribution >= 0.6 is 11.8 Å². The van der Waals surface area contributed by atoms with Crippen LogP contribution in [-0.4, -0.2) is 34.5 Å². The van der Waals surface area contributed by atoms with E-state index in [1.165, 1.54) is 12.1 Å². The SMILES string of the molecule is O=C(O)c1cccc(C(=O)NC2CCCSC2)c1. The molecule has 18 heavy (non-hydrogen) atoms. The molecule has 0 bridgehead atoms. The van der Waals surface area contributed by atoms with Crippen molar-refractivity contribution in [3.8, 4) is 0 Å². The molecule has 0 saturated carbocycles. The van der Waals surface area contributed by atoms with Crippen LogP contribution in [0, 0.1) is 0 Å². The summed E-state index contributed by atoms with van der Waals surface area (Å²) in [5.74, 6) is 0.883. The number of amides is 1. The normalized spacial score (nSPS) is 19.2. The number of nitrogens with one attached hydrogen (secondary N) is 1. The molecule has 0 aliphatic carbocycles. The summed E-state index contributed by atoms with van der Waals surface area (Å²) in [6.45, 7) is 0. The maximum atomic E-state index is 12.0. The van der Waals surface area contributed by atoms with Gasteiger partial charge in [0.1, 0.15) is 0 Å². The Bertz CT molecular complexity index is 455. The Hall–Kier alpha value is -1.49. The Kier molecular flexibility index (Phi) is 4.25. The van der Waals surface area contributed by atoms with Gasteiger partial charge in [-0.3, -0.25) is 4.79 Å². The molecular weight excluding hydrogens is 250 g/mol. The number of hydrogen-bond acceptors (Lipinski definition) is 3. The van der Waals surface area contributed by atoms with Crippen molar-refractivity contribution in [3.05, 3.63) is 35.4 Å². The standard InChI is InChI=1S/C13H15NO3S/c15-12(14-11-5-2-6-18-8-11)9-3-1-4-10(7-9)13(16)17/h1,3-4,7,11H,2,5-6,8H2,(H,14,15)(H,16,17). The van der Waals surface area contributed by atoms with Crippen molar-refractivity contribution in [2.75, 3.05) is 11.5 Å². The van der Waals surface area contributed by atoms with E-state index < -0.39 is 5.97 Å². The number of aromatic carboxylic acids is 1. The molecule has 1 amide bonds. The first-order valence-corrected chi connectivity index (χ1v) is 7.04. The highest BCUT2D eigenvalue weighted by atomic mass is 32.2. The Morgan fingerprint density at radius 2 is 2.11 bits per heavy atom. The molecule has 1 aliphatic rings. The third-order valence-corrected chi connectivity index (χ3v) is 4.08. The minimum atomic E-state index is -1.02. The van der Waals surface area contributed by atoms with Crippen LogP contribution in [0.5, 0.6) is 0 Å². The van der Waals surface area contributed by atoms with Gasteiger partial charge in [0, 0.05) is 17.4 Å². The highest BCUT2D eigenvalue weighted by Crippen LogP contribution is 2.17. The second-order valence-electron chi connectivity index (χ2n) is 4.27. The summed E-state index contributed by atoms with van der Waals surface area (Å²) in [5, 5.41) is 11.8. The van der Waals surface area contributed by atoms with E-state index in [0.29, 0.717) is 5.56 Å². The molecule has 0 spiro atoms. The van der Waals surface area contributed by atoms with Crippen molar-refractivity contribution in [1.82, 2.24) is 5.32 Å². The molecule has 1 atom stereocenters. The predicted octanol–water partition coefficient (Wildman–Crippen LogP) is 2.01. The second-order valence-corrected chi connectivity index (χ2v) is 5.42. The molecule has 96 valence electrons. The van der Waals surface area contributed by atoms with Crippen LogP contribution in [0.25, 0.3) is 0 Å². The quantitative estimate of drug-likeness (QED) is 0.877. The first-order valence-electron chi connectivity index (χ1n) is 5.89. The molecule has 1 aliphatic heterocycles. The maximum Gasteiger partial charge on any atom is 0.335 e. The molecule has 5 heteroatoms. The van der Waals surface area contributed by atoms with Gasteiger partial charge in [-0.1, -0.05) is 6.07 Å². The molecule has 4 nitrogen and oxygen atoms in total. The van der Waals surface area contributed by atoms with Gasteiger partial charge >= 0.3 is 5.97 Å². The number of carbonyl (C=O) groups is 2. The van der Waals surface area contributed by atoms with Crippen LogP contribution in [0.2, 0.25) is 0 Å². The molecule has 1 aromatic carbocycles. The van der Waals surface area contributed by atoms with Gasteiger partial charge in [0.15, 0.2) is 0 Å². The minimum Gasteiger partial charge on any atom is -0.478 e. The number of thioether (sulfide) groups is 1. The van der Waals surface area contributed by atoms with E-state index in [-0.39, 0.29) is 17.5 Å². The summed E-state index contributed by atoms with van der Waals surface area (Å²) in [5.41, 5.74) is 0.547. The van der Waals surface area contributed by atoms with Crippen molar-refractivity contribution in [2.45, 2.75) is 18.9 Å². The number of rotatable bonds is 3. The van der Waals surface area contributed by atoms with Crippen LogP contribution < -0.4 is 5.32 Å². The van der Waals surface area contributed by atoms with E-state index in [1.807, 2.05) is 11.8 Å². The van der Waals surface area contributed by atoms with E-state index in [9.17, 15) is 9.59 Å². The maximum absolute atomic E-state index is 12.0. The molecule has 2 rings (SSSR count). The molecule has 1 saturated heterocycles. The predicted molar refractivity (Wildman–Crippen MR) is 71.2 cm³/mol. The molecule has 1 unspecified atom stereocenters. The van der Waals surface area contributed by atoms with E-state index in [2.05, 4.69) is 5.32 Å². The van der Waals surface area contributed by atoms with Crippen LogP contribution in [0.15, 0.2) is 24.3 Å². The fourth-order valence-electron chi connectivity index (χ4n) is 1.92. The zero-order chi connectivity index (χ0) is 13.0. The Balaban J connectivity index is 2.03. The van der Waals surface area contributed by atoms with Crippen molar-refractivity contribution in [3.63, 3.8) is 0 Å². The molecule has 1 aromatic rings. The first-order chi connectivity index (χ1) is 8.66. The lowest BCUT2D eigenvalue weighted by atomic mass is 10.1. The van der Waals surface area contributed by atoms with Crippen molar-refractivity contribution >= 4 is 23.6 Å². The highest BCUT2D eigenvalue weighted by molar-refractivity contribution is 7.99. The third kappa shape index (κ3) is 3.26. The monoisotopic (exact) mass is 265 g/mol. The molecule has 0 aromatic heterocycles. The average Bonchev–Trinajstić information content (AvgIpc) is 2.40. The van der Waals surface area contributed by atoms with Gasteiger partial charge < -0.3 is 10.4 Å². The van der Waals surface area contributed by atoms with Gasteiger partial charge in [-0.2, -0.15) is 11.8 Å². The topological polar surface area (TPSA) is 66.4 Å². The summed E-state index contributed by atoms with van der Waals surface area (Å²) >= 11 is 1.84. The van der Waals surface area contributed by atoms with Gasteiger partial charge in [-0.15, -0.1) is 0 Å². The third-order valence-electron chi connectivity index (χ3n) is 2.87. The zero-order valence-electron chi connectivity index (χ0n) is 9.89. The summed E-state index contributed by atoms with van der Waals surface area (Å²) in [6.07, 6.45) is 2.11. The van der Waals surface area contributed by atoms with Crippen molar-refractivity contribution in [2.24, 2.45) is 0 Å². The number of hydrogen-bond donors (Lipinski definition) is 2. The van der Waals surface area contributed by atoms with Crippen molar-refractivity contribution < 1.29 is 14.7 Å². The fourth-order valence-corrected chi connectivity index (χ4v) is 2.99. The van der Waals surface area contributed by atoms with Gasteiger partial charge in [0.2, 0.25) is 0 Å². The van der Waals surface area contributed by atoms with Gasteiger partial charge in [-0.25, -0.2) is 4.79 Å². The number of benzene rings is 1. The smallest absolute Gasteiger partial charge is 0.335 e. The number of carboxylic acids is 1. The molecule has 0 radical (unpaired) electrons. The highest BCUT2D eigenvalue weighted by Gasteiger charge is 2.17. The average molecular weight is 265 g/mol. The zero-order valence-corrected chi connectivity index (χ0v) is 10.7. The van der Waals surface area contributed by atoms with E-state index in [1.54, 1.807) is 12.1 Å². The van der Waals surface area contributed by atoms with Gasteiger partial charge in [0.05, 0.1) is 5.56 Å². The Labute approximate surface area is 110 Å². The Morgan fingerprint density at radius 1 is 1.33 bits per heavy atom. The Morgan fingerprint density at radius 3 is 2.78 bits per heavy atom. The lowest BCUT2D eigenvalue weighted by Gasteiger charge is -2.22. The van der Waals surface area contributed by atoms with E-state index >= 15 is 0 Å². The van der Waals surface area contributed by atoms with Crippen molar-refractivity contribution in [1.29, 1.82) is 0 Å². The van der Waals surface area contributed by atoms with Crippen LogP contribution in [-0.2, 0) is 0 Å². The number of carbonyl (C=O) groups excluding carboxylic acids is 1. The lowest BCUT2D eigenvalue weighted by molar-refractivity contribution is 0.0697. The summed E-state index contributed by atoms with van der Waals surface area (Å²) in [4.78, 5) is 22.8. The molecule has 1 heterocycles. The second kappa shape index (κ2) is 5.91. The van der Waals surface area contributed by atoms with Crippen LogP contribution in [0.1, 0.15) is 33.6 Å². The van der Waals surface area contributed by atoms with Crippen LogP contribution in [0.4, 0.5) is 0 Å². The summed E-state index contributed by atoms with van der Waals surface area (Å²) in [6, 6.07) is 6.32. The van der Waals surface area contributed by atoms with Crippen LogP contribution in [0.3, 0.4) is 0 Å². The van der Waals surface area contributed by atoms with E-state index in [4.69, 9.17) is 5.11 Å². The fraction of sp³-hybridized carbons (Fsp3) is 0.385. The lowest BCUT2D eigenvalue weighted by Crippen LogP contribution is -2.38. The largest absolute Gasteiger partial charge is 0.478 e. The minimum absolute atomic E-state index is 0.140. The summed E-state index contributed by atoms with van der Waals surface area (Å²) < 4.78 is 0. The molecule has 2 N–H and O–H groups in total. The number of carboxylic acid groups (broad SMARTS) is 1. The van der Waals surface area contributed by atoms with Gasteiger partial charge in [0.25, 0.3) is 5.91 Å².